The fourth-order valence-electron chi connectivity index (χ4n) is 3.29. The van der Waals surface area contributed by atoms with Gasteiger partial charge in [-0.2, -0.15) is 0 Å². The molecule has 18 heavy (non-hydrogen) atoms. The summed E-state index contributed by atoms with van der Waals surface area (Å²) in [7, 11) is 0. The van der Waals surface area contributed by atoms with Crippen LogP contribution in [0.3, 0.4) is 0 Å². The van der Waals surface area contributed by atoms with Crippen molar-refractivity contribution in [2.45, 2.75) is 44.1 Å². The average molecular weight is 244 g/mol. The zero-order valence-corrected chi connectivity index (χ0v) is 11.1. The second kappa shape index (κ2) is 5.85. The van der Waals surface area contributed by atoms with Crippen molar-refractivity contribution in [3.8, 4) is 0 Å². The van der Waals surface area contributed by atoms with Crippen molar-refractivity contribution in [3.05, 3.63) is 35.4 Å². The van der Waals surface area contributed by atoms with Gasteiger partial charge in [-0.1, -0.05) is 30.7 Å². The van der Waals surface area contributed by atoms with E-state index in [1.54, 1.807) is 0 Å². The predicted octanol–water partition coefficient (Wildman–Crippen LogP) is 2.97. The van der Waals surface area contributed by atoms with E-state index < -0.39 is 0 Å². The highest BCUT2D eigenvalue weighted by Gasteiger charge is 2.17. The fraction of sp³-hybridized carbons (Fsp3) is 0.625. The molecule has 2 N–H and O–H groups in total. The van der Waals surface area contributed by atoms with Gasteiger partial charge in [0, 0.05) is 6.04 Å². The Morgan fingerprint density at radius 2 is 1.50 bits per heavy atom. The molecular weight excluding hydrogens is 220 g/mol. The molecule has 2 aliphatic rings. The third-order valence-corrected chi connectivity index (χ3v) is 4.46. The summed E-state index contributed by atoms with van der Waals surface area (Å²) in [6.07, 6.45) is 6.59. The third-order valence-electron chi connectivity index (χ3n) is 4.46. The zero-order chi connectivity index (χ0) is 12.2. The van der Waals surface area contributed by atoms with Gasteiger partial charge in [0.1, 0.15) is 0 Å². The monoisotopic (exact) mass is 244 g/mol. The molecule has 1 aromatic rings. The van der Waals surface area contributed by atoms with Crippen LogP contribution >= 0.6 is 0 Å². The number of hydrogen-bond acceptors (Lipinski definition) is 2. The summed E-state index contributed by atoms with van der Waals surface area (Å²) in [4.78, 5) is 0. The minimum atomic E-state index is 0.598. The molecule has 2 fully saturated rings. The molecule has 0 bridgehead atoms. The van der Waals surface area contributed by atoms with Crippen molar-refractivity contribution in [2.24, 2.45) is 0 Å². The topological polar surface area (TPSA) is 24.1 Å². The fourth-order valence-corrected chi connectivity index (χ4v) is 3.29. The van der Waals surface area contributed by atoms with Crippen molar-refractivity contribution < 1.29 is 0 Å². The summed E-state index contributed by atoms with van der Waals surface area (Å²) in [6, 6.07) is 10.0. The van der Waals surface area contributed by atoms with E-state index in [9.17, 15) is 0 Å². The number of nitrogens with one attached hydrogen (secondary N) is 2. The number of piperidine rings is 2. The molecule has 2 saturated heterocycles. The molecule has 98 valence electrons. The Morgan fingerprint density at radius 3 is 2.17 bits per heavy atom. The van der Waals surface area contributed by atoms with Crippen LogP contribution in [-0.4, -0.2) is 19.6 Å². The van der Waals surface area contributed by atoms with Crippen LogP contribution in [0.4, 0.5) is 0 Å². The smallest absolute Gasteiger partial charge is 0.0320 e. The van der Waals surface area contributed by atoms with E-state index in [4.69, 9.17) is 0 Å². The molecule has 0 amide bonds. The van der Waals surface area contributed by atoms with E-state index in [0.29, 0.717) is 6.04 Å². The van der Waals surface area contributed by atoms with Gasteiger partial charge in [0.25, 0.3) is 0 Å². The van der Waals surface area contributed by atoms with E-state index in [0.717, 1.165) is 5.92 Å². The number of hydrogen-bond donors (Lipinski definition) is 2. The minimum Gasteiger partial charge on any atom is -0.317 e. The van der Waals surface area contributed by atoms with Crippen LogP contribution in [0.1, 0.15) is 55.2 Å². The Balaban J connectivity index is 1.67. The molecule has 2 nitrogen and oxygen atoms in total. The largest absolute Gasteiger partial charge is 0.317 e. The van der Waals surface area contributed by atoms with Gasteiger partial charge in [-0.3, -0.25) is 0 Å². The molecule has 3 rings (SSSR count). The van der Waals surface area contributed by atoms with Gasteiger partial charge >= 0.3 is 0 Å². The second-order valence-corrected chi connectivity index (χ2v) is 5.69. The highest BCUT2D eigenvalue weighted by molar-refractivity contribution is 5.28. The van der Waals surface area contributed by atoms with Gasteiger partial charge in [-0.25, -0.2) is 0 Å². The summed E-state index contributed by atoms with van der Waals surface area (Å²) in [5, 5.41) is 7.06. The normalized spacial score (nSPS) is 26.1. The molecule has 2 aliphatic heterocycles. The van der Waals surface area contributed by atoms with Crippen LogP contribution in [0, 0.1) is 0 Å². The average Bonchev–Trinajstić information content (AvgIpc) is 2.49. The van der Waals surface area contributed by atoms with Gasteiger partial charge in [0.2, 0.25) is 0 Å². The Bertz CT molecular complexity index is 322. The SMILES string of the molecule is c1cc(C2CCCCN2)ccc1C1CCNCC1. The quantitative estimate of drug-likeness (QED) is 0.836. The summed E-state index contributed by atoms with van der Waals surface area (Å²) < 4.78 is 0. The van der Waals surface area contributed by atoms with Crippen LogP contribution in [0.15, 0.2) is 24.3 Å². The summed E-state index contributed by atoms with van der Waals surface area (Å²) in [5.74, 6) is 0.777. The summed E-state index contributed by atoms with van der Waals surface area (Å²) in [6.45, 7) is 3.54. The Hall–Kier alpha value is -0.860. The van der Waals surface area contributed by atoms with E-state index in [1.165, 1.54) is 62.9 Å². The lowest BCUT2D eigenvalue weighted by Gasteiger charge is -2.26. The standard InChI is InChI=1S/C16H24N2/c1-2-10-18-16(3-1)15-6-4-13(5-7-15)14-8-11-17-12-9-14/h4-7,14,16-18H,1-3,8-12H2. The minimum absolute atomic E-state index is 0.598. The maximum atomic E-state index is 3.62. The molecule has 0 saturated carbocycles. The molecule has 1 aromatic carbocycles. The van der Waals surface area contributed by atoms with Crippen molar-refractivity contribution in [1.29, 1.82) is 0 Å². The maximum absolute atomic E-state index is 3.62. The molecule has 0 radical (unpaired) electrons. The van der Waals surface area contributed by atoms with Crippen molar-refractivity contribution in [2.75, 3.05) is 19.6 Å². The van der Waals surface area contributed by atoms with Crippen molar-refractivity contribution in [3.63, 3.8) is 0 Å². The molecule has 2 heteroatoms. The van der Waals surface area contributed by atoms with Crippen LogP contribution in [0.5, 0.6) is 0 Å². The molecule has 0 aromatic heterocycles. The lowest BCUT2D eigenvalue weighted by atomic mass is 9.88. The molecule has 2 heterocycles. The number of rotatable bonds is 2. The zero-order valence-electron chi connectivity index (χ0n) is 11.1. The molecule has 1 unspecified atom stereocenters. The number of benzene rings is 1. The lowest BCUT2D eigenvalue weighted by molar-refractivity contribution is 0.412. The molecular formula is C16H24N2. The van der Waals surface area contributed by atoms with Gasteiger partial charge in [-0.05, 0) is 62.4 Å². The van der Waals surface area contributed by atoms with Crippen LogP contribution in [0.25, 0.3) is 0 Å². The summed E-state index contributed by atoms with van der Waals surface area (Å²) >= 11 is 0. The second-order valence-electron chi connectivity index (χ2n) is 5.69. The maximum Gasteiger partial charge on any atom is 0.0320 e. The highest BCUT2D eigenvalue weighted by Crippen LogP contribution is 2.28. The van der Waals surface area contributed by atoms with E-state index in [-0.39, 0.29) is 0 Å². The Morgan fingerprint density at radius 1 is 0.778 bits per heavy atom. The van der Waals surface area contributed by atoms with Gasteiger partial charge in [-0.15, -0.1) is 0 Å². The molecule has 0 spiro atoms. The molecule has 1 atom stereocenters. The van der Waals surface area contributed by atoms with Gasteiger partial charge < -0.3 is 10.6 Å². The first-order valence-corrected chi connectivity index (χ1v) is 7.47. The van der Waals surface area contributed by atoms with Crippen molar-refractivity contribution in [1.82, 2.24) is 10.6 Å². The predicted molar refractivity (Wildman–Crippen MR) is 75.9 cm³/mol. The van der Waals surface area contributed by atoms with Gasteiger partial charge in [0.15, 0.2) is 0 Å². The van der Waals surface area contributed by atoms with E-state index in [2.05, 4.69) is 34.9 Å². The Kier molecular flexibility index (Phi) is 3.96. The van der Waals surface area contributed by atoms with Crippen LogP contribution in [0.2, 0.25) is 0 Å². The van der Waals surface area contributed by atoms with E-state index in [1.807, 2.05) is 0 Å². The van der Waals surface area contributed by atoms with E-state index >= 15 is 0 Å². The first-order valence-electron chi connectivity index (χ1n) is 7.47. The van der Waals surface area contributed by atoms with Crippen molar-refractivity contribution >= 4 is 0 Å². The summed E-state index contributed by atoms with van der Waals surface area (Å²) in [5.41, 5.74) is 3.02. The third kappa shape index (κ3) is 2.76. The first-order chi connectivity index (χ1) is 8.93. The van der Waals surface area contributed by atoms with Gasteiger partial charge in [0.05, 0.1) is 0 Å². The highest BCUT2D eigenvalue weighted by atomic mass is 14.9. The Labute approximate surface area is 110 Å². The molecule has 0 aliphatic carbocycles. The van der Waals surface area contributed by atoms with Crippen LogP contribution < -0.4 is 10.6 Å². The van der Waals surface area contributed by atoms with Crippen LogP contribution in [-0.2, 0) is 0 Å². The first kappa shape index (κ1) is 12.2. The lowest BCUT2D eigenvalue weighted by Crippen LogP contribution is -2.27.